The predicted molar refractivity (Wildman–Crippen MR) is 156 cm³/mol. The zero-order chi connectivity index (χ0) is 26.2. The van der Waals surface area contributed by atoms with E-state index in [0.29, 0.717) is 17.3 Å². The number of likely N-dealkylation sites (tertiary alicyclic amines) is 1. The van der Waals surface area contributed by atoms with Gasteiger partial charge in [0.25, 0.3) is 0 Å². The smallest absolute Gasteiger partial charge is 0.248 e. The second kappa shape index (κ2) is 12.4. The Morgan fingerprint density at radius 3 is 2.35 bits per heavy atom. The van der Waals surface area contributed by atoms with Gasteiger partial charge in [-0.2, -0.15) is 0 Å². The molecule has 0 radical (unpaired) electrons. The lowest BCUT2D eigenvalue weighted by Crippen LogP contribution is -2.32. The highest BCUT2D eigenvalue weighted by Crippen LogP contribution is 2.31. The number of anilines is 3. The van der Waals surface area contributed by atoms with Gasteiger partial charge in [0, 0.05) is 11.8 Å². The van der Waals surface area contributed by atoms with Crippen molar-refractivity contribution in [1.82, 2.24) is 4.90 Å². The third-order valence-electron chi connectivity index (χ3n) is 7.03. The molecule has 190 valence electrons. The van der Waals surface area contributed by atoms with Crippen molar-refractivity contribution < 1.29 is 9.59 Å². The SMILES string of the molecule is Bc1ccc(NC(=O)C(CC2CCN(C)CC2)c2ccc(/C=C/C(=O)Nc3ccccc3N)cc2)cc1. The summed E-state index contributed by atoms with van der Waals surface area (Å²) in [5.74, 6) is 0.0428. The monoisotopic (exact) mass is 494 g/mol. The molecule has 0 aliphatic carbocycles. The van der Waals surface area contributed by atoms with Gasteiger partial charge >= 0.3 is 0 Å². The van der Waals surface area contributed by atoms with Gasteiger partial charge < -0.3 is 21.3 Å². The Bertz CT molecular complexity index is 1230. The molecule has 1 aliphatic rings. The van der Waals surface area contributed by atoms with Crippen molar-refractivity contribution in [2.45, 2.75) is 25.2 Å². The number of carbonyl (C=O) groups is 2. The van der Waals surface area contributed by atoms with Crippen molar-refractivity contribution in [3.63, 3.8) is 0 Å². The van der Waals surface area contributed by atoms with Crippen molar-refractivity contribution in [2.24, 2.45) is 5.92 Å². The molecule has 37 heavy (non-hydrogen) atoms. The van der Waals surface area contributed by atoms with Crippen molar-refractivity contribution >= 4 is 48.3 Å². The number of para-hydroxylation sites is 2. The Morgan fingerprint density at radius 1 is 1.00 bits per heavy atom. The molecule has 0 bridgehead atoms. The summed E-state index contributed by atoms with van der Waals surface area (Å²) in [4.78, 5) is 28.1. The van der Waals surface area contributed by atoms with E-state index in [1.165, 1.54) is 6.08 Å². The molecule has 6 nitrogen and oxygen atoms in total. The Labute approximate surface area is 220 Å². The van der Waals surface area contributed by atoms with Crippen LogP contribution in [0.25, 0.3) is 6.08 Å². The third-order valence-corrected chi connectivity index (χ3v) is 7.03. The average Bonchev–Trinajstić information content (AvgIpc) is 2.90. The zero-order valence-electron chi connectivity index (χ0n) is 21.6. The fourth-order valence-electron chi connectivity index (χ4n) is 4.69. The summed E-state index contributed by atoms with van der Waals surface area (Å²) in [5.41, 5.74) is 10.9. The standard InChI is InChI=1S/C30H35BN4O2/c1-35-18-16-22(17-19-35)20-26(30(37)33-25-13-11-24(31)12-14-25)23-9-6-21(7-10-23)8-15-29(36)34-28-5-3-2-4-27(28)32/h2-15,22,26H,16-20,31-32H2,1H3,(H,33,37)(H,34,36)/b15-8+. The fraction of sp³-hybridized carbons (Fsp3) is 0.267. The molecular formula is C30H35BN4O2. The highest BCUT2D eigenvalue weighted by atomic mass is 16.2. The van der Waals surface area contributed by atoms with E-state index in [2.05, 4.69) is 22.6 Å². The minimum Gasteiger partial charge on any atom is -0.397 e. The van der Waals surface area contributed by atoms with Crippen LogP contribution in [-0.4, -0.2) is 44.7 Å². The first-order valence-electron chi connectivity index (χ1n) is 12.9. The molecule has 7 heteroatoms. The van der Waals surface area contributed by atoms with E-state index < -0.39 is 0 Å². The normalized spacial score (nSPS) is 15.4. The molecule has 4 N–H and O–H groups in total. The lowest BCUT2D eigenvalue weighted by Gasteiger charge is -2.31. The van der Waals surface area contributed by atoms with Gasteiger partial charge in [-0.1, -0.05) is 54.0 Å². The Balaban J connectivity index is 1.46. The first-order valence-corrected chi connectivity index (χ1v) is 12.9. The van der Waals surface area contributed by atoms with Crippen molar-refractivity contribution in [3.8, 4) is 0 Å². The summed E-state index contributed by atoms with van der Waals surface area (Å²) in [6, 6.07) is 23.0. The van der Waals surface area contributed by atoms with Crippen LogP contribution < -0.4 is 21.8 Å². The lowest BCUT2D eigenvalue weighted by atomic mass is 9.83. The summed E-state index contributed by atoms with van der Waals surface area (Å²) in [6.45, 7) is 2.13. The quantitative estimate of drug-likeness (QED) is 0.254. The van der Waals surface area contributed by atoms with Crippen LogP contribution >= 0.6 is 0 Å². The van der Waals surface area contributed by atoms with E-state index >= 15 is 0 Å². The van der Waals surface area contributed by atoms with Crippen LogP contribution in [0.1, 0.15) is 36.3 Å². The van der Waals surface area contributed by atoms with Crippen LogP contribution in [0, 0.1) is 5.92 Å². The highest BCUT2D eigenvalue weighted by Gasteiger charge is 2.27. The molecule has 1 aliphatic heterocycles. The molecule has 1 saturated heterocycles. The van der Waals surface area contributed by atoms with Crippen LogP contribution in [0.5, 0.6) is 0 Å². The average molecular weight is 494 g/mol. The molecule has 0 aromatic heterocycles. The summed E-state index contributed by atoms with van der Waals surface area (Å²) in [6.07, 6.45) is 6.28. The number of nitrogen functional groups attached to an aromatic ring is 1. The molecule has 4 rings (SSSR count). The number of carbonyl (C=O) groups excluding carboxylic acids is 2. The number of benzene rings is 3. The van der Waals surface area contributed by atoms with E-state index in [4.69, 9.17) is 5.73 Å². The lowest BCUT2D eigenvalue weighted by molar-refractivity contribution is -0.118. The number of piperidine rings is 1. The van der Waals surface area contributed by atoms with Crippen LogP contribution in [0.15, 0.2) is 78.9 Å². The molecule has 1 heterocycles. The molecule has 1 unspecified atom stereocenters. The van der Waals surface area contributed by atoms with Gasteiger partial charge in [0.15, 0.2) is 0 Å². The van der Waals surface area contributed by atoms with Crippen LogP contribution in [-0.2, 0) is 9.59 Å². The predicted octanol–water partition coefficient (Wildman–Crippen LogP) is 3.63. The van der Waals surface area contributed by atoms with Gasteiger partial charge in [0.2, 0.25) is 11.8 Å². The maximum absolute atomic E-state index is 13.4. The molecule has 1 fully saturated rings. The van der Waals surface area contributed by atoms with E-state index in [9.17, 15) is 9.59 Å². The number of nitrogens with one attached hydrogen (secondary N) is 2. The first-order chi connectivity index (χ1) is 17.9. The van der Waals surface area contributed by atoms with Gasteiger partial charge in [-0.05, 0) is 86.8 Å². The molecular weight excluding hydrogens is 459 g/mol. The van der Waals surface area contributed by atoms with Gasteiger partial charge in [0.05, 0.1) is 17.3 Å². The van der Waals surface area contributed by atoms with Crippen molar-refractivity contribution in [2.75, 3.05) is 36.5 Å². The topological polar surface area (TPSA) is 87.5 Å². The number of hydrogen-bond donors (Lipinski definition) is 3. The van der Waals surface area contributed by atoms with Gasteiger partial charge in [-0.3, -0.25) is 9.59 Å². The minimum atomic E-state index is -0.250. The maximum Gasteiger partial charge on any atom is 0.248 e. The van der Waals surface area contributed by atoms with Crippen molar-refractivity contribution in [3.05, 3.63) is 90.0 Å². The molecule has 1 atom stereocenters. The number of nitrogens with zero attached hydrogens (tertiary/aromatic N) is 1. The van der Waals surface area contributed by atoms with Gasteiger partial charge in [-0.25, -0.2) is 0 Å². The fourth-order valence-corrected chi connectivity index (χ4v) is 4.69. The second-order valence-corrected chi connectivity index (χ2v) is 9.97. The number of amides is 2. The molecule has 0 spiro atoms. The van der Waals surface area contributed by atoms with E-state index in [-0.39, 0.29) is 17.7 Å². The maximum atomic E-state index is 13.4. The van der Waals surface area contributed by atoms with E-state index in [1.807, 2.05) is 68.5 Å². The summed E-state index contributed by atoms with van der Waals surface area (Å²) < 4.78 is 0. The van der Waals surface area contributed by atoms with E-state index in [0.717, 1.165) is 54.6 Å². The Morgan fingerprint density at radius 2 is 1.68 bits per heavy atom. The van der Waals surface area contributed by atoms with Gasteiger partial charge in [-0.15, -0.1) is 0 Å². The summed E-state index contributed by atoms with van der Waals surface area (Å²) >= 11 is 0. The van der Waals surface area contributed by atoms with Gasteiger partial charge in [0.1, 0.15) is 7.85 Å². The largest absolute Gasteiger partial charge is 0.397 e. The number of hydrogen-bond acceptors (Lipinski definition) is 4. The Kier molecular flexibility index (Phi) is 8.80. The number of rotatable bonds is 8. The first kappa shape index (κ1) is 26.2. The van der Waals surface area contributed by atoms with Crippen LogP contribution in [0.2, 0.25) is 0 Å². The summed E-state index contributed by atoms with van der Waals surface area (Å²) in [5, 5.41) is 5.92. The highest BCUT2D eigenvalue weighted by molar-refractivity contribution is 6.32. The van der Waals surface area contributed by atoms with Crippen LogP contribution in [0.4, 0.5) is 17.1 Å². The molecule has 2 amide bonds. The minimum absolute atomic E-state index is 0.0194. The molecule has 3 aromatic rings. The van der Waals surface area contributed by atoms with Crippen molar-refractivity contribution in [1.29, 1.82) is 0 Å². The molecule has 3 aromatic carbocycles. The van der Waals surface area contributed by atoms with E-state index in [1.54, 1.807) is 18.2 Å². The van der Waals surface area contributed by atoms with Crippen LogP contribution in [0.3, 0.4) is 0 Å². The third kappa shape index (κ3) is 7.57. The number of nitrogens with two attached hydrogens (primary N) is 1. The second-order valence-electron chi connectivity index (χ2n) is 9.97. The molecule has 0 saturated carbocycles. The zero-order valence-corrected chi connectivity index (χ0v) is 21.6. The Hall–Kier alpha value is -3.84. The summed E-state index contributed by atoms with van der Waals surface area (Å²) in [7, 11) is 4.18.